The van der Waals surface area contributed by atoms with Crippen molar-refractivity contribution in [1.82, 2.24) is 9.97 Å². The number of aromatic amines is 1. The molecule has 0 aliphatic carbocycles. The van der Waals surface area contributed by atoms with Gasteiger partial charge in [0.25, 0.3) is 0 Å². The van der Waals surface area contributed by atoms with Gasteiger partial charge in [0.2, 0.25) is 0 Å². The van der Waals surface area contributed by atoms with Gasteiger partial charge in [-0.3, -0.25) is 0 Å². The number of H-pyrrole nitrogens is 1. The van der Waals surface area contributed by atoms with Gasteiger partial charge in [-0.25, -0.2) is 18.2 Å². The molecule has 4 aromatic rings. The summed E-state index contributed by atoms with van der Waals surface area (Å²) in [5, 5.41) is 0.701. The molecule has 0 bridgehead atoms. The highest BCUT2D eigenvalue weighted by Crippen LogP contribution is 2.35. The Morgan fingerprint density at radius 2 is 1.93 bits per heavy atom. The van der Waals surface area contributed by atoms with Gasteiger partial charge in [0.05, 0.1) is 5.56 Å². The molecule has 1 radical (unpaired) electrons. The summed E-state index contributed by atoms with van der Waals surface area (Å²) in [7, 11) is 0. The van der Waals surface area contributed by atoms with Crippen LogP contribution in [0.1, 0.15) is 5.56 Å². The number of ether oxygens (including phenoxy) is 1. The molecule has 4 rings (SSSR count). The second kappa shape index (κ2) is 6.96. The number of nitrogens with one attached hydrogen (secondary N) is 1. The first-order chi connectivity index (χ1) is 13.0. The molecule has 0 saturated heterocycles. The van der Waals surface area contributed by atoms with E-state index in [9.17, 15) is 13.2 Å². The van der Waals surface area contributed by atoms with Crippen LogP contribution in [0.25, 0.3) is 22.2 Å². The molecular formula is C20H11ClF3N2O. The maximum absolute atomic E-state index is 15.0. The summed E-state index contributed by atoms with van der Waals surface area (Å²) in [6.45, 7) is -0.229. The highest BCUT2D eigenvalue weighted by molar-refractivity contribution is 6.30. The Morgan fingerprint density at radius 3 is 2.74 bits per heavy atom. The van der Waals surface area contributed by atoms with Crippen LogP contribution in [0.2, 0.25) is 5.02 Å². The lowest BCUT2D eigenvalue weighted by Gasteiger charge is -2.12. The lowest BCUT2D eigenvalue weighted by Crippen LogP contribution is -2.02. The monoisotopic (exact) mass is 387 g/mol. The van der Waals surface area contributed by atoms with Crippen molar-refractivity contribution in [3.63, 3.8) is 0 Å². The van der Waals surface area contributed by atoms with Gasteiger partial charge in [0, 0.05) is 40.0 Å². The molecule has 135 valence electrons. The molecule has 0 aliphatic heterocycles. The molecule has 0 amide bonds. The molecule has 2 aromatic heterocycles. The molecule has 0 atom stereocenters. The van der Waals surface area contributed by atoms with Crippen LogP contribution in [0.5, 0.6) is 5.75 Å². The van der Waals surface area contributed by atoms with E-state index in [1.54, 1.807) is 0 Å². The molecule has 0 saturated carbocycles. The smallest absolute Gasteiger partial charge is 0.175 e. The fourth-order valence-corrected chi connectivity index (χ4v) is 2.95. The summed E-state index contributed by atoms with van der Waals surface area (Å²) in [4.78, 5) is 6.93. The summed E-state index contributed by atoms with van der Waals surface area (Å²) in [5.41, 5.74) is 0.697. The van der Waals surface area contributed by atoms with Crippen molar-refractivity contribution >= 4 is 22.6 Å². The summed E-state index contributed by atoms with van der Waals surface area (Å²) < 4.78 is 48.7. The standard InChI is InChI=1S/C20H11ClF3N2O/c21-12-2-1-11(16(23)9-12)10-27-17-4-3-15(22)18(19(17)24)13-5-7-25-20-14(13)6-8-26-20/h1-5,7-9H,10H2,(H,25,26). The van der Waals surface area contributed by atoms with Crippen molar-refractivity contribution in [3.05, 3.63) is 82.9 Å². The normalized spacial score (nSPS) is 11.1. The Morgan fingerprint density at radius 1 is 1.07 bits per heavy atom. The Bertz CT molecular complexity index is 1140. The van der Waals surface area contributed by atoms with Gasteiger partial charge >= 0.3 is 0 Å². The van der Waals surface area contributed by atoms with Crippen molar-refractivity contribution in [2.75, 3.05) is 0 Å². The van der Waals surface area contributed by atoms with Crippen LogP contribution in [0, 0.1) is 23.5 Å². The maximum atomic E-state index is 15.0. The first-order valence-electron chi connectivity index (χ1n) is 7.93. The van der Waals surface area contributed by atoms with Crippen LogP contribution in [0.15, 0.2) is 48.8 Å². The largest absolute Gasteiger partial charge is 0.486 e. The zero-order chi connectivity index (χ0) is 19.0. The van der Waals surface area contributed by atoms with Gasteiger partial charge in [0.15, 0.2) is 11.6 Å². The zero-order valence-electron chi connectivity index (χ0n) is 13.7. The van der Waals surface area contributed by atoms with Gasteiger partial charge in [-0.2, -0.15) is 0 Å². The molecular weight excluding hydrogens is 377 g/mol. The summed E-state index contributed by atoms with van der Waals surface area (Å²) in [6, 6.07) is 10.7. The van der Waals surface area contributed by atoms with E-state index in [0.717, 1.165) is 12.1 Å². The predicted octanol–water partition coefficient (Wildman–Crippen LogP) is 5.68. The molecule has 0 aliphatic rings. The summed E-state index contributed by atoms with van der Waals surface area (Å²) in [5.74, 6) is -2.39. The Labute approximate surface area is 157 Å². The average molecular weight is 388 g/mol. The SMILES string of the molecule is Fc1cc(Cl)ccc1COc1ccc(F)c(-c2ccnc3[nH]c[c]c23)c1F. The first kappa shape index (κ1) is 17.4. The van der Waals surface area contributed by atoms with Crippen LogP contribution in [-0.4, -0.2) is 9.97 Å². The molecule has 2 aromatic carbocycles. The Hall–Kier alpha value is -2.99. The summed E-state index contributed by atoms with van der Waals surface area (Å²) >= 11 is 5.71. The van der Waals surface area contributed by atoms with Crippen molar-refractivity contribution in [1.29, 1.82) is 0 Å². The molecule has 0 fully saturated rings. The minimum absolute atomic E-state index is 0.193. The fourth-order valence-electron chi connectivity index (χ4n) is 2.79. The minimum Gasteiger partial charge on any atom is -0.486 e. The highest BCUT2D eigenvalue weighted by atomic mass is 35.5. The number of hydrogen-bond donors (Lipinski definition) is 1. The van der Waals surface area contributed by atoms with E-state index in [-0.39, 0.29) is 28.5 Å². The number of fused-ring (bicyclic) bond motifs is 1. The summed E-state index contributed by atoms with van der Waals surface area (Å²) in [6.07, 6.45) is 2.96. The third-order valence-electron chi connectivity index (χ3n) is 4.10. The molecule has 7 heteroatoms. The van der Waals surface area contributed by atoms with E-state index in [0.29, 0.717) is 16.6 Å². The number of rotatable bonds is 4. The van der Waals surface area contributed by atoms with E-state index in [4.69, 9.17) is 16.3 Å². The average Bonchev–Trinajstić information content (AvgIpc) is 3.12. The fraction of sp³-hybridized carbons (Fsp3) is 0.0500. The topological polar surface area (TPSA) is 37.9 Å². The van der Waals surface area contributed by atoms with Crippen molar-refractivity contribution in [3.8, 4) is 16.9 Å². The maximum Gasteiger partial charge on any atom is 0.175 e. The van der Waals surface area contributed by atoms with Gasteiger partial charge in [0.1, 0.15) is 23.9 Å². The van der Waals surface area contributed by atoms with Gasteiger partial charge in [-0.15, -0.1) is 0 Å². The van der Waals surface area contributed by atoms with E-state index >= 15 is 0 Å². The third-order valence-corrected chi connectivity index (χ3v) is 4.33. The van der Waals surface area contributed by atoms with Crippen LogP contribution >= 0.6 is 11.6 Å². The van der Waals surface area contributed by atoms with Gasteiger partial charge < -0.3 is 9.72 Å². The molecule has 1 N–H and O–H groups in total. The van der Waals surface area contributed by atoms with E-state index in [2.05, 4.69) is 16.0 Å². The quantitative estimate of drug-likeness (QED) is 0.489. The lowest BCUT2D eigenvalue weighted by atomic mass is 10.0. The van der Waals surface area contributed by atoms with Crippen molar-refractivity contribution in [2.24, 2.45) is 0 Å². The molecule has 27 heavy (non-hydrogen) atoms. The molecule has 2 heterocycles. The number of benzene rings is 2. The lowest BCUT2D eigenvalue weighted by molar-refractivity contribution is 0.284. The van der Waals surface area contributed by atoms with E-state index in [1.165, 1.54) is 36.7 Å². The van der Waals surface area contributed by atoms with E-state index < -0.39 is 17.5 Å². The molecule has 0 spiro atoms. The number of nitrogens with zero attached hydrogens (tertiary/aromatic N) is 1. The van der Waals surface area contributed by atoms with Crippen molar-refractivity contribution < 1.29 is 17.9 Å². The Kier molecular flexibility index (Phi) is 4.49. The van der Waals surface area contributed by atoms with Crippen LogP contribution in [0.3, 0.4) is 0 Å². The van der Waals surface area contributed by atoms with Crippen LogP contribution in [-0.2, 0) is 6.61 Å². The second-order valence-corrected chi connectivity index (χ2v) is 6.21. The first-order valence-corrected chi connectivity index (χ1v) is 8.31. The van der Waals surface area contributed by atoms with Crippen LogP contribution in [0.4, 0.5) is 13.2 Å². The number of pyridine rings is 1. The molecule has 0 unspecified atom stereocenters. The Balaban J connectivity index is 1.72. The highest BCUT2D eigenvalue weighted by Gasteiger charge is 2.19. The van der Waals surface area contributed by atoms with Gasteiger partial charge in [-0.05, 0) is 30.3 Å². The predicted molar refractivity (Wildman–Crippen MR) is 96.0 cm³/mol. The molecule has 3 nitrogen and oxygen atoms in total. The van der Waals surface area contributed by atoms with Crippen LogP contribution < -0.4 is 4.74 Å². The minimum atomic E-state index is -0.883. The second-order valence-electron chi connectivity index (χ2n) is 5.77. The van der Waals surface area contributed by atoms with E-state index in [1.807, 2.05) is 0 Å². The number of halogens is 4. The van der Waals surface area contributed by atoms with Gasteiger partial charge in [-0.1, -0.05) is 17.7 Å². The van der Waals surface area contributed by atoms with Crippen molar-refractivity contribution in [2.45, 2.75) is 6.61 Å². The number of hydrogen-bond acceptors (Lipinski definition) is 2. The third kappa shape index (κ3) is 3.24. The number of aromatic nitrogens is 2. The zero-order valence-corrected chi connectivity index (χ0v) is 14.4.